The Labute approximate surface area is 111 Å². The Balaban J connectivity index is 2.40. The van der Waals surface area contributed by atoms with Crippen molar-refractivity contribution in [2.24, 2.45) is 0 Å². The van der Waals surface area contributed by atoms with Crippen LogP contribution in [-0.2, 0) is 11.2 Å². The lowest BCUT2D eigenvalue weighted by Crippen LogP contribution is -2.47. The molecule has 2 N–H and O–H groups in total. The van der Waals surface area contributed by atoms with Crippen LogP contribution >= 0.6 is 0 Å². The van der Waals surface area contributed by atoms with Crippen molar-refractivity contribution in [1.82, 2.24) is 5.32 Å². The van der Waals surface area contributed by atoms with Gasteiger partial charge in [-0.3, -0.25) is 4.79 Å². The summed E-state index contributed by atoms with van der Waals surface area (Å²) in [7, 11) is 1.84. The first-order chi connectivity index (χ1) is 9.04. The SMILES string of the molecule is CNCCc1ccc2c(c1)N(C(=O)O)C(=O)C(C)O2. The van der Waals surface area contributed by atoms with E-state index in [9.17, 15) is 14.7 Å². The highest BCUT2D eigenvalue weighted by Gasteiger charge is 2.35. The van der Waals surface area contributed by atoms with Crippen LogP contribution < -0.4 is 15.0 Å². The van der Waals surface area contributed by atoms with Gasteiger partial charge in [0.1, 0.15) is 5.75 Å². The molecule has 0 fully saturated rings. The van der Waals surface area contributed by atoms with E-state index in [1.807, 2.05) is 13.1 Å². The summed E-state index contributed by atoms with van der Waals surface area (Å²) < 4.78 is 5.41. The van der Waals surface area contributed by atoms with Gasteiger partial charge < -0.3 is 15.2 Å². The number of hydrogen-bond acceptors (Lipinski definition) is 4. The number of fused-ring (bicyclic) bond motifs is 1. The molecule has 0 aliphatic carbocycles. The molecule has 19 heavy (non-hydrogen) atoms. The molecule has 0 saturated carbocycles. The zero-order valence-corrected chi connectivity index (χ0v) is 10.8. The van der Waals surface area contributed by atoms with Crippen LogP contribution in [0.1, 0.15) is 12.5 Å². The number of benzene rings is 1. The Morgan fingerprint density at radius 1 is 1.53 bits per heavy atom. The molecule has 1 aromatic rings. The minimum Gasteiger partial charge on any atom is -0.479 e. The van der Waals surface area contributed by atoms with Gasteiger partial charge >= 0.3 is 6.09 Å². The van der Waals surface area contributed by atoms with Crippen LogP contribution in [0.5, 0.6) is 5.75 Å². The summed E-state index contributed by atoms with van der Waals surface area (Å²) in [5.41, 5.74) is 1.24. The summed E-state index contributed by atoms with van der Waals surface area (Å²) in [5.74, 6) is -0.145. The molecule has 1 unspecified atom stereocenters. The number of nitrogens with one attached hydrogen (secondary N) is 1. The number of rotatable bonds is 3. The van der Waals surface area contributed by atoms with E-state index in [1.54, 1.807) is 12.1 Å². The summed E-state index contributed by atoms with van der Waals surface area (Å²) in [6, 6.07) is 5.27. The number of likely N-dealkylation sites (N-methyl/N-ethyl adjacent to an activating group) is 1. The molecule has 0 bridgehead atoms. The van der Waals surface area contributed by atoms with E-state index in [-0.39, 0.29) is 0 Å². The van der Waals surface area contributed by atoms with Crippen molar-refractivity contribution in [2.45, 2.75) is 19.4 Å². The lowest BCUT2D eigenvalue weighted by atomic mass is 10.1. The molecule has 1 aliphatic heterocycles. The molecule has 0 spiro atoms. The first-order valence-corrected chi connectivity index (χ1v) is 6.05. The third-order valence-corrected chi connectivity index (χ3v) is 2.99. The standard InChI is InChI=1S/C13H16N2O4/c1-8-12(16)15(13(17)18)10-7-9(5-6-14-2)3-4-11(10)19-8/h3-4,7-8,14H,5-6H2,1-2H3,(H,17,18). The number of anilines is 1. The fraction of sp³-hybridized carbons (Fsp3) is 0.385. The summed E-state index contributed by atoms with van der Waals surface area (Å²) >= 11 is 0. The quantitative estimate of drug-likeness (QED) is 0.858. The normalized spacial score (nSPS) is 17.9. The van der Waals surface area contributed by atoms with Crippen molar-refractivity contribution < 1.29 is 19.4 Å². The van der Waals surface area contributed by atoms with Gasteiger partial charge in [0.05, 0.1) is 5.69 Å². The highest BCUT2D eigenvalue weighted by atomic mass is 16.5. The molecule has 6 nitrogen and oxygen atoms in total. The third-order valence-electron chi connectivity index (χ3n) is 2.99. The van der Waals surface area contributed by atoms with Gasteiger partial charge in [0.15, 0.2) is 6.10 Å². The molecule has 2 amide bonds. The predicted molar refractivity (Wildman–Crippen MR) is 69.7 cm³/mol. The monoisotopic (exact) mass is 264 g/mol. The van der Waals surface area contributed by atoms with Crippen LogP contribution in [-0.4, -0.2) is 36.8 Å². The molecule has 102 valence electrons. The minimum atomic E-state index is -1.29. The fourth-order valence-electron chi connectivity index (χ4n) is 2.00. The van der Waals surface area contributed by atoms with Crippen LogP contribution in [0, 0.1) is 0 Å². The number of carbonyl (C=O) groups is 2. The zero-order valence-electron chi connectivity index (χ0n) is 10.8. The topological polar surface area (TPSA) is 78.9 Å². The van der Waals surface area contributed by atoms with Gasteiger partial charge in [-0.2, -0.15) is 0 Å². The van der Waals surface area contributed by atoms with Crippen LogP contribution in [0.25, 0.3) is 0 Å². The number of imide groups is 1. The van der Waals surface area contributed by atoms with Crippen molar-refractivity contribution in [3.63, 3.8) is 0 Å². The van der Waals surface area contributed by atoms with Crippen molar-refractivity contribution in [3.8, 4) is 5.75 Å². The van der Waals surface area contributed by atoms with Crippen molar-refractivity contribution in [3.05, 3.63) is 23.8 Å². The van der Waals surface area contributed by atoms with Gasteiger partial charge in [-0.15, -0.1) is 0 Å². The molecular formula is C13H16N2O4. The summed E-state index contributed by atoms with van der Waals surface area (Å²) in [5, 5.41) is 12.2. The van der Waals surface area contributed by atoms with E-state index < -0.39 is 18.1 Å². The zero-order chi connectivity index (χ0) is 14.0. The molecule has 2 rings (SSSR count). The average molecular weight is 264 g/mol. The van der Waals surface area contributed by atoms with Gasteiger partial charge in [0.2, 0.25) is 0 Å². The molecule has 0 saturated heterocycles. The van der Waals surface area contributed by atoms with Gasteiger partial charge in [-0.1, -0.05) is 6.07 Å². The summed E-state index contributed by atoms with van der Waals surface area (Å²) in [6.07, 6.45) is -1.32. The van der Waals surface area contributed by atoms with Crippen molar-refractivity contribution in [1.29, 1.82) is 0 Å². The van der Waals surface area contributed by atoms with Gasteiger partial charge in [-0.05, 0) is 44.6 Å². The Morgan fingerprint density at radius 3 is 2.89 bits per heavy atom. The lowest BCUT2D eigenvalue weighted by molar-refractivity contribution is -0.124. The predicted octanol–water partition coefficient (Wildman–Crippen LogP) is 1.24. The minimum absolute atomic E-state index is 0.296. The Kier molecular flexibility index (Phi) is 3.71. The second kappa shape index (κ2) is 5.27. The molecule has 1 heterocycles. The number of carboxylic acid groups (broad SMARTS) is 1. The van der Waals surface area contributed by atoms with E-state index in [4.69, 9.17) is 4.74 Å². The number of ether oxygens (including phenoxy) is 1. The molecule has 6 heteroatoms. The Bertz CT molecular complexity index is 515. The maximum Gasteiger partial charge on any atom is 0.418 e. The first kappa shape index (κ1) is 13.4. The lowest BCUT2D eigenvalue weighted by Gasteiger charge is -2.30. The first-order valence-electron chi connectivity index (χ1n) is 6.05. The van der Waals surface area contributed by atoms with Crippen LogP contribution in [0.15, 0.2) is 18.2 Å². The average Bonchev–Trinajstić information content (AvgIpc) is 2.37. The second-order valence-corrected chi connectivity index (χ2v) is 4.37. The molecular weight excluding hydrogens is 248 g/mol. The number of amides is 2. The van der Waals surface area contributed by atoms with Crippen LogP contribution in [0.4, 0.5) is 10.5 Å². The maximum atomic E-state index is 11.9. The van der Waals surface area contributed by atoms with E-state index >= 15 is 0 Å². The molecule has 0 aromatic heterocycles. The van der Waals surface area contributed by atoms with Gasteiger partial charge in [-0.25, -0.2) is 9.69 Å². The number of nitrogens with zero attached hydrogens (tertiary/aromatic N) is 1. The molecule has 0 radical (unpaired) electrons. The Morgan fingerprint density at radius 2 is 2.26 bits per heavy atom. The highest BCUT2D eigenvalue weighted by molar-refractivity contribution is 6.15. The summed E-state index contributed by atoms with van der Waals surface area (Å²) in [6.45, 7) is 2.31. The van der Waals surface area contributed by atoms with E-state index in [2.05, 4.69) is 5.32 Å². The van der Waals surface area contributed by atoms with Crippen LogP contribution in [0.2, 0.25) is 0 Å². The number of carbonyl (C=O) groups excluding carboxylic acids is 1. The Hall–Kier alpha value is -2.08. The highest BCUT2D eigenvalue weighted by Crippen LogP contribution is 2.35. The second-order valence-electron chi connectivity index (χ2n) is 4.37. The van der Waals surface area contributed by atoms with Crippen molar-refractivity contribution >= 4 is 17.7 Å². The third kappa shape index (κ3) is 2.53. The van der Waals surface area contributed by atoms with E-state index in [0.717, 1.165) is 23.4 Å². The summed E-state index contributed by atoms with van der Waals surface area (Å²) in [4.78, 5) is 23.9. The fourth-order valence-corrected chi connectivity index (χ4v) is 2.00. The molecule has 1 atom stereocenters. The maximum absolute atomic E-state index is 11.9. The van der Waals surface area contributed by atoms with Crippen LogP contribution in [0.3, 0.4) is 0 Å². The van der Waals surface area contributed by atoms with E-state index in [1.165, 1.54) is 6.92 Å². The smallest absolute Gasteiger partial charge is 0.418 e. The van der Waals surface area contributed by atoms with Crippen molar-refractivity contribution in [2.75, 3.05) is 18.5 Å². The molecule has 1 aromatic carbocycles. The largest absolute Gasteiger partial charge is 0.479 e. The van der Waals surface area contributed by atoms with Gasteiger partial charge in [0, 0.05) is 0 Å². The van der Waals surface area contributed by atoms with E-state index in [0.29, 0.717) is 11.4 Å². The van der Waals surface area contributed by atoms with Gasteiger partial charge in [0.25, 0.3) is 5.91 Å². The number of hydrogen-bond donors (Lipinski definition) is 2. The molecule has 1 aliphatic rings.